The molecule has 2 aromatic rings. The Morgan fingerprint density at radius 1 is 1.22 bits per heavy atom. The second kappa shape index (κ2) is 6.97. The van der Waals surface area contributed by atoms with Gasteiger partial charge in [0.2, 0.25) is 6.33 Å². The Hall–Kier alpha value is -1.61. The Kier molecular flexibility index (Phi) is 4.97. The van der Waals surface area contributed by atoms with Gasteiger partial charge in [-0.05, 0) is 12.0 Å². The van der Waals surface area contributed by atoms with Crippen molar-refractivity contribution >= 4 is 0 Å². The van der Waals surface area contributed by atoms with E-state index in [0.717, 1.165) is 6.54 Å². The van der Waals surface area contributed by atoms with Crippen LogP contribution in [-0.4, -0.2) is 4.57 Å². The highest BCUT2D eigenvalue weighted by Crippen LogP contribution is 2.00. The van der Waals surface area contributed by atoms with Crippen molar-refractivity contribution in [3.8, 4) is 0 Å². The number of hydrogen-bond acceptors (Lipinski definition) is 1. The van der Waals surface area contributed by atoms with Gasteiger partial charge in [-0.25, -0.2) is 9.13 Å². The van der Waals surface area contributed by atoms with Crippen LogP contribution in [0, 0.1) is 0 Å². The highest BCUT2D eigenvalue weighted by atomic mass is 16.5. The summed E-state index contributed by atoms with van der Waals surface area (Å²) >= 11 is 0. The number of hydrogen-bond donors (Lipinski definition) is 0. The predicted molar refractivity (Wildman–Crippen MR) is 70.8 cm³/mol. The number of benzene rings is 1. The lowest BCUT2D eigenvalue weighted by Gasteiger charge is -2.01. The molecule has 3 heteroatoms. The molecule has 3 nitrogen and oxygen atoms in total. The van der Waals surface area contributed by atoms with Gasteiger partial charge in [0.05, 0.1) is 13.2 Å². The number of unbranched alkanes of at least 4 members (excludes halogenated alkanes) is 1. The monoisotopic (exact) mass is 245 g/mol. The Morgan fingerprint density at radius 3 is 2.83 bits per heavy atom. The van der Waals surface area contributed by atoms with Crippen LogP contribution >= 0.6 is 0 Å². The Balaban J connectivity index is 1.75. The summed E-state index contributed by atoms with van der Waals surface area (Å²) in [5.74, 6) is 0. The fourth-order valence-corrected chi connectivity index (χ4v) is 1.83. The fourth-order valence-electron chi connectivity index (χ4n) is 1.83. The third-order valence-electron chi connectivity index (χ3n) is 2.87. The standard InChI is InChI=1S/C15H21N2O/c1-2-3-9-16-10-11-17(13-16)14-18-12-15-7-5-4-6-8-15/h4-8,10-11,13H,2-3,9,12,14H2,1H3/q+1. The van der Waals surface area contributed by atoms with Crippen LogP contribution in [0.1, 0.15) is 25.3 Å². The van der Waals surface area contributed by atoms with Crippen molar-refractivity contribution in [2.45, 2.75) is 39.6 Å². The summed E-state index contributed by atoms with van der Waals surface area (Å²) in [4.78, 5) is 0. The van der Waals surface area contributed by atoms with Crippen LogP contribution in [0.15, 0.2) is 49.1 Å². The van der Waals surface area contributed by atoms with Gasteiger partial charge >= 0.3 is 0 Å². The van der Waals surface area contributed by atoms with E-state index in [9.17, 15) is 0 Å². The number of aromatic nitrogens is 2. The van der Waals surface area contributed by atoms with Crippen molar-refractivity contribution in [1.29, 1.82) is 0 Å². The molecule has 0 aliphatic heterocycles. The van der Waals surface area contributed by atoms with E-state index in [0.29, 0.717) is 13.3 Å². The van der Waals surface area contributed by atoms with Crippen molar-refractivity contribution in [1.82, 2.24) is 4.57 Å². The molecule has 0 N–H and O–H groups in total. The molecular weight excluding hydrogens is 224 g/mol. The summed E-state index contributed by atoms with van der Waals surface area (Å²) in [7, 11) is 0. The maximum atomic E-state index is 5.67. The molecule has 0 aliphatic carbocycles. The lowest BCUT2D eigenvalue weighted by molar-refractivity contribution is -0.733. The molecule has 0 radical (unpaired) electrons. The zero-order chi connectivity index (χ0) is 12.6. The largest absolute Gasteiger partial charge is 0.337 e. The first-order valence-electron chi connectivity index (χ1n) is 6.55. The highest BCUT2D eigenvalue weighted by Gasteiger charge is 2.02. The van der Waals surface area contributed by atoms with Gasteiger partial charge in [-0.1, -0.05) is 43.7 Å². The first-order chi connectivity index (χ1) is 8.88. The SMILES string of the molecule is CCCCn1cc[n+](COCc2ccccc2)c1. The maximum absolute atomic E-state index is 5.67. The molecule has 2 rings (SSSR count). The molecule has 0 bridgehead atoms. The first-order valence-corrected chi connectivity index (χ1v) is 6.55. The molecule has 0 spiro atoms. The van der Waals surface area contributed by atoms with Gasteiger partial charge in [0.1, 0.15) is 12.4 Å². The first kappa shape index (κ1) is 12.8. The van der Waals surface area contributed by atoms with Gasteiger partial charge in [-0.15, -0.1) is 0 Å². The normalized spacial score (nSPS) is 10.7. The topological polar surface area (TPSA) is 18.0 Å². The van der Waals surface area contributed by atoms with Crippen LogP contribution in [0.3, 0.4) is 0 Å². The number of ether oxygens (including phenoxy) is 1. The fraction of sp³-hybridized carbons (Fsp3) is 0.400. The van der Waals surface area contributed by atoms with Gasteiger partial charge in [0, 0.05) is 0 Å². The molecule has 18 heavy (non-hydrogen) atoms. The molecule has 0 unspecified atom stereocenters. The van der Waals surface area contributed by atoms with Crippen LogP contribution in [-0.2, 0) is 24.6 Å². The van der Waals surface area contributed by atoms with Crippen LogP contribution in [0.4, 0.5) is 0 Å². The highest BCUT2D eigenvalue weighted by molar-refractivity contribution is 5.13. The van der Waals surface area contributed by atoms with Gasteiger partial charge in [0.25, 0.3) is 0 Å². The van der Waals surface area contributed by atoms with Gasteiger partial charge in [-0.2, -0.15) is 0 Å². The zero-order valence-corrected chi connectivity index (χ0v) is 11.0. The minimum atomic E-state index is 0.605. The summed E-state index contributed by atoms with van der Waals surface area (Å²) in [5.41, 5.74) is 1.21. The number of imidazole rings is 1. The molecule has 0 atom stereocenters. The van der Waals surface area contributed by atoms with Crippen LogP contribution in [0.2, 0.25) is 0 Å². The number of nitrogens with zero attached hydrogens (tertiary/aromatic N) is 2. The molecule has 0 saturated heterocycles. The smallest absolute Gasteiger partial charge is 0.245 e. The third kappa shape index (κ3) is 4.00. The van der Waals surface area contributed by atoms with Crippen LogP contribution in [0.25, 0.3) is 0 Å². The molecule has 1 heterocycles. The van der Waals surface area contributed by atoms with Crippen molar-refractivity contribution in [3.05, 3.63) is 54.6 Å². The van der Waals surface area contributed by atoms with Crippen molar-refractivity contribution in [2.24, 2.45) is 0 Å². The van der Waals surface area contributed by atoms with Crippen molar-refractivity contribution < 1.29 is 9.30 Å². The van der Waals surface area contributed by atoms with E-state index in [1.807, 2.05) is 18.2 Å². The van der Waals surface area contributed by atoms with Crippen molar-refractivity contribution in [2.75, 3.05) is 0 Å². The van der Waals surface area contributed by atoms with Crippen LogP contribution in [0.5, 0.6) is 0 Å². The molecule has 0 amide bonds. The lowest BCUT2D eigenvalue weighted by atomic mass is 10.2. The second-order valence-electron chi connectivity index (χ2n) is 4.48. The molecule has 0 aliphatic rings. The summed E-state index contributed by atoms with van der Waals surface area (Å²) in [5, 5.41) is 0. The van der Waals surface area contributed by atoms with Gasteiger partial charge < -0.3 is 4.74 Å². The van der Waals surface area contributed by atoms with E-state index in [1.54, 1.807) is 0 Å². The zero-order valence-electron chi connectivity index (χ0n) is 11.0. The second-order valence-corrected chi connectivity index (χ2v) is 4.48. The molecule has 1 aromatic heterocycles. The Morgan fingerprint density at radius 2 is 2.06 bits per heavy atom. The van der Waals surface area contributed by atoms with Gasteiger partial charge in [-0.3, -0.25) is 0 Å². The Bertz CT molecular complexity index is 451. The summed E-state index contributed by atoms with van der Waals surface area (Å²) in [6.45, 7) is 4.56. The third-order valence-corrected chi connectivity index (χ3v) is 2.87. The molecule has 0 saturated carbocycles. The van der Waals surface area contributed by atoms with E-state index in [1.165, 1.54) is 18.4 Å². The quantitative estimate of drug-likeness (QED) is 0.686. The van der Waals surface area contributed by atoms with E-state index < -0.39 is 0 Å². The van der Waals surface area contributed by atoms with Crippen molar-refractivity contribution in [3.63, 3.8) is 0 Å². The number of rotatable bonds is 7. The van der Waals surface area contributed by atoms with E-state index >= 15 is 0 Å². The molecule has 1 aromatic carbocycles. The van der Waals surface area contributed by atoms with E-state index in [4.69, 9.17) is 4.74 Å². The Labute approximate surface area is 109 Å². The maximum Gasteiger partial charge on any atom is 0.245 e. The average molecular weight is 245 g/mol. The van der Waals surface area contributed by atoms with Gasteiger partial charge in [0.15, 0.2) is 6.73 Å². The van der Waals surface area contributed by atoms with E-state index in [2.05, 4.69) is 46.9 Å². The van der Waals surface area contributed by atoms with E-state index in [-0.39, 0.29) is 0 Å². The molecular formula is C15H21N2O+. The minimum absolute atomic E-state index is 0.605. The summed E-state index contributed by atoms with van der Waals surface area (Å²) < 4.78 is 9.94. The lowest BCUT2D eigenvalue weighted by Crippen LogP contribution is -2.32. The predicted octanol–water partition coefficient (Wildman–Crippen LogP) is 2.75. The molecule has 0 fully saturated rings. The minimum Gasteiger partial charge on any atom is -0.337 e. The number of aryl methyl sites for hydroxylation is 1. The molecule has 96 valence electrons. The summed E-state index contributed by atoms with van der Waals surface area (Å²) in [6, 6.07) is 10.3. The average Bonchev–Trinajstić information content (AvgIpc) is 2.85. The van der Waals surface area contributed by atoms with Crippen LogP contribution < -0.4 is 4.57 Å². The summed E-state index contributed by atoms with van der Waals surface area (Å²) in [6.07, 6.45) is 8.70.